The van der Waals surface area contributed by atoms with E-state index in [-0.39, 0.29) is 17.8 Å². The van der Waals surface area contributed by atoms with Gasteiger partial charge in [-0.05, 0) is 25.0 Å². The topological polar surface area (TPSA) is 112 Å². The number of amides is 1. The number of nitrogens with zero attached hydrogens (tertiary/aromatic N) is 1. The third kappa shape index (κ3) is 2.77. The maximum atomic E-state index is 12.3. The molecule has 0 spiro atoms. The zero-order chi connectivity index (χ0) is 16.4. The van der Waals surface area contributed by atoms with E-state index in [1.165, 1.54) is 6.26 Å². The van der Waals surface area contributed by atoms with Crippen molar-refractivity contribution >= 4 is 29.0 Å². The van der Waals surface area contributed by atoms with Crippen LogP contribution in [0.3, 0.4) is 0 Å². The fraction of sp³-hybridized carbons (Fsp3) is 0.333. The van der Waals surface area contributed by atoms with Crippen molar-refractivity contribution in [1.82, 2.24) is 4.98 Å². The molecule has 0 bridgehead atoms. The molecule has 1 amide bonds. The minimum absolute atomic E-state index is 0.0374. The number of nitrogens with two attached hydrogens (primary N) is 1. The number of primary amides is 1. The van der Waals surface area contributed by atoms with Crippen LogP contribution in [0.5, 0.6) is 0 Å². The van der Waals surface area contributed by atoms with Crippen LogP contribution in [0.4, 0.5) is 0 Å². The van der Waals surface area contributed by atoms with Crippen LogP contribution in [0.25, 0.3) is 11.5 Å². The molecule has 2 N–H and O–H groups in total. The molecule has 0 aliphatic heterocycles. The molecule has 3 rings (SSSR count). The van der Waals surface area contributed by atoms with Gasteiger partial charge in [0.05, 0.1) is 6.26 Å². The number of aromatic nitrogens is 1. The third-order valence-electron chi connectivity index (χ3n) is 3.75. The smallest absolute Gasteiger partial charge is 0.368 e. The average molecular weight is 334 g/mol. The van der Waals surface area contributed by atoms with Gasteiger partial charge in [-0.2, -0.15) is 0 Å². The molecule has 7 nitrogen and oxygen atoms in total. The largest absolute Gasteiger partial charge is 0.463 e. The Morgan fingerprint density at radius 2 is 2.22 bits per heavy atom. The van der Waals surface area contributed by atoms with Crippen molar-refractivity contribution in [3.8, 4) is 11.5 Å². The Kier molecular flexibility index (Phi) is 3.99. The lowest BCUT2D eigenvalue weighted by atomic mass is 9.83. The Morgan fingerprint density at radius 1 is 1.39 bits per heavy atom. The SMILES string of the molecule is NC(=O)C1(OC(=O)c2nc(-c3ccco3)cs2)CCCCC1=O. The number of furan rings is 1. The van der Waals surface area contributed by atoms with E-state index in [4.69, 9.17) is 14.9 Å². The summed E-state index contributed by atoms with van der Waals surface area (Å²) in [4.78, 5) is 40.3. The van der Waals surface area contributed by atoms with E-state index >= 15 is 0 Å². The van der Waals surface area contributed by atoms with Crippen molar-refractivity contribution in [3.63, 3.8) is 0 Å². The van der Waals surface area contributed by atoms with Gasteiger partial charge in [-0.25, -0.2) is 9.78 Å². The molecule has 2 aromatic rings. The first-order valence-electron chi connectivity index (χ1n) is 7.09. The van der Waals surface area contributed by atoms with Crippen molar-refractivity contribution in [2.75, 3.05) is 0 Å². The summed E-state index contributed by atoms with van der Waals surface area (Å²) in [6.07, 6.45) is 3.04. The molecule has 8 heteroatoms. The number of ether oxygens (including phenoxy) is 1. The molecule has 1 atom stereocenters. The number of carbonyl (C=O) groups is 3. The van der Waals surface area contributed by atoms with Crippen molar-refractivity contribution in [2.24, 2.45) is 5.73 Å². The van der Waals surface area contributed by atoms with E-state index < -0.39 is 23.3 Å². The average Bonchev–Trinajstić information content (AvgIpc) is 3.20. The maximum Gasteiger partial charge on any atom is 0.368 e. The fourth-order valence-corrected chi connectivity index (χ4v) is 3.21. The van der Waals surface area contributed by atoms with Gasteiger partial charge < -0.3 is 14.9 Å². The number of hydrogen-bond donors (Lipinski definition) is 1. The second kappa shape index (κ2) is 5.96. The van der Waals surface area contributed by atoms with E-state index in [1.54, 1.807) is 17.5 Å². The maximum absolute atomic E-state index is 12.3. The molecule has 120 valence electrons. The van der Waals surface area contributed by atoms with Gasteiger partial charge in [0.25, 0.3) is 5.91 Å². The quantitative estimate of drug-likeness (QED) is 0.675. The lowest BCUT2D eigenvalue weighted by Crippen LogP contribution is -2.55. The number of Topliss-reactive ketones (excluding diaryl/α,β-unsaturated/α-hetero) is 1. The first kappa shape index (κ1) is 15.4. The van der Waals surface area contributed by atoms with Gasteiger partial charge in [-0.3, -0.25) is 9.59 Å². The summed E-state index contributed by atoms with van der Waals surface area (Å²) >= 11 is 1.05. The minimum Gasteiger partial charge on any atom is -0.463 e. The van der Waals surface area contributed by atoms with Gasteiger partial charge in [0.1, 0.15) is 5.69 Å². The van der Waals surface area contributed by atoms with Gasteiger partial charge in [-0.1, -0.05) is 0 Å². The monoisotopic (exact) mass is 334 g/mol. The van der Waals surface area contributed by atoms with Gasteiger partial charge in [0.15, 0.2) is 11.5 Å². The number of hydrogen-bond acceptors (Lipinski definition) is 7. The summed E-state index contributed by atoms with van der Waals surface area (Å²) in [6, 6.07) is 3.41. The number of rotatable bonds is 4. The molecule has 1 aliphatic rings. The normalized spacial score (nSPS) is 21.1. The zero-order valence-electron chi connectivity index (χ0n) is 12.1. The highest BCUT2D eigenvalue weighted by Crippen LogP contribution is 2.30. The summed E-state index contributed by atoms with van der Waals surface area (Å²) in [7, 11) is 0. The minimum atomic E-state index is -1.87. The Hall–Kier alpha value is -2.48. The predicted octanol–water partition coefficient (Wildman–Crippen LogP) is 1.93. The number of esters is 1. The van der Waals surface area contributed by atoms with E-state index in [0.717, 1.165) is 11.3 Å². The highest BCUT2D eigenvalue weighted by atomic mass is 32.1. The van der Waals surface area contributed by atoms with E-state index in [2.05, 4.69) is 4.98 Å². The second-order valence-corrected chi connectivity index (χ2v) is 6.08. The van der Waals surface area contributed by atoms with Crippen LogP contribution < -0.4 is 5.73 Å². The molecule has 1 unspecified atom stereocenters. The Bertz CT molecular complexity index is 752. The fourth-order valence-electron chi connectivity index (χ4n) is 2.53. The summed E-state index contributed by atoms with van der Waals surface area (Å²) in [6.45, 7) is 0. The molecule has 0 aromatic carbocycles. The Balaban J connectivity index is 1.83. The summed E-state index contributed by atoms with van der Waals surface area (Å²) in [5.41, 5.74) is 3.94. The summed E-state index contributed by atoms with van der Waals surface area (Å²) in [5.74, 6) is -1.70. The predicted molar refractivity (Wildman–Crippen MR) is 80.6 cm³/mol. The Labute approximate surface area is 135 Å². The van der Waals surface area contributed by atoms with Crippen LogP contribution in [0, 0.1) is 0 Å². The first-order chi connectivity index (χ1) is 11.0. The molecule has 23 heavy (non-hydrogen) atoms. The molecule has 2 aromatic heterocycles. The van der Waals surface area contributed by atoms with Gasteiger partial charge in [0.2, 0.25) is 10.6 Å². The number of ketones is 1. The molecule has 1 fully saturated rings. The molecule has 2 heterocycles. The van der Waals surface area contributed by atoms with E-state index in [9.17, 15) is 14.4 Å². The molecule has 1 saturated carbocycles. The van der Waals surface area contributed by atoms with Crippen LogP contribution in [0.2, 0.25) is 0 Å². The first-order valence-corrected chi connectivity index (χ1v) is 7.97. The van der Waals surface area contributed by atoms with Crippen molar-refractivity contribution in [3.05, 3.63) is 28.8 Å². The number of carbonyl (C=O) groups excluding carboxylic acids is 3. The highest BCUT2D eigenvalue weighted by molar-refractivity contribution is 7.11. The molecule has 0 saturated heterocycles. The van der Waals surface area contributed by atoms with Crippen molar-refractivity contribution in [1.29, 1.82) is 0 Å². The third-order valence-corrected chi connectivity index (χ3v) is 4.57. The van der Waals surface area contributed by atoms with Gasteiger partial charge in [0, 0.05) is 18.2 Å². The lowest BCUT2D eigenvalue weighted by Gasteiger charge is -2.31. The second-order valence-electron chi connectivity index (χ2n) is 5.23. The highest BCUT2D eigenvalue weighted by Gasteiger charge is 2.49. The molecule has 0 radical (unpaired) electrons. The molecular formula is C15H14N2O5S. The van der Waals surface area contributed by atoms with E-state index in [1.807, 2.05) is 0 Å². The van der Waals surface area contributed by atoms with Crippen LogP contribution in [0.15, 0.2) is 28.2 Å². The Morgan fingerprint density at radius 3 is 2.87 bits per heavy atom. The number of thiazole rings is 1. The van der Waals surface area contributed by atoms with Crippen LogP contribution >= 0.6 is 11.3 Å². The van der Waals surface area contributed by atoms with E-state index in [0.29, 0.717) is 24.3 Å². The molecule has 1 aliphatic carbocycles. The van der Waals surface area contributed by atoms with Crippen LogP contribution in [-0.4, -0.2) is 28.2 Å². The van der Waals surface area contributed by atoms with Crippen molar-refractivity contribution in [2.45, 2.75) is 31.3 Å². The lowest BCUT2D eigenvalue weighted by molar-refractivity contribution is -0.154. The summed E-state index contributed by atoms with van der Waals surface area (Å²) < 4.78 is 10.4. The molecular weight excluding hydrogens is 320 g/mol. The standard InChI is InChI=1S/C15H14N2O5S/c16-14(20)15(6-2-1-5-11(15)18)22-13(19)12-17-9(8-23-12)10-4-3-7-21-10/h3-4,7-8H,1-2,5-6H2,(H2,16,20). The van der Waals surface area contributed by atoms with Crippen LogP contribution in [-0.2, 0) is 14.3 Å². The van der Waals surface area contributed by atoms with Gasteiger partial charge >= 0.3 is 5.97 Å². The zero-order valence-corrected chi connectivity index (χ0v) is 12.9. The van der Waals surface area contributed by atoms with Gasteiger partial charge in [-0.15, -0.1) is 11.3 Å². The van der Waals surface area contributed by atoms with Crippen molar-refractivity contribution < 1.29 is 23.5 Å². The summed E-state index contributed by atoms with van der Waals surface area (Å²) in [5, 5.41) is 1.67. The van der Waals surface area contributed by atoms with Crippen LogP contribution in [0.1, 0.15) is 35.5 Å².